The fourth-order valence-electron chi connectivity index (χ4n) is 1.41. The lowest BCUT2D eigenvalue weighted by molar-refractivity contribution is -0.123. The van der Waals surface area contributed by atoms with Gasteiger partial charge in [0.2, 0.25) is 5.91 Å². The van der Waals surface area contributed by atoms with Gasteiger partial charge >= 0.3 is 0 Å². The summed E-state index contributed by atoms with van der Waals surface area (Å²) < 4.78 is 3.20. The third-order valence-electron chi connectivity index (χ3n) is 2.70. The van der Waals surface area contributed by atoms with E-state index >= 15 is 0 Å². The Bertz CT molecular complexity index is 319. The molecule has 16 heavy (non-hydrogen) atoms. The van der Waals surface area contributed by atoms with Gasteiger partial charge < -0.3 is 10.6 Å². The van der Waals surface area contributed by atoms with Gasteiger partial charge in [0.15, 0.2) is 5.17 Å². The van der Waals surface area contributed by atoms with Crippen LogP contribution in [0.15, 0.2) is 4.99 Å². The van der Waals surface area contributed by atoms with Crippen molar-refractivity contribution < 1.29 is 4.79 Å². The Kier molecular flexibility index (Phi) is 3.23. The second-order valence-corrected chi connectivity index (χ2v) is 6.03. The van der Waals surface area contributed by atoms with Crippen molar-refractivity contribution in [3.63, 3.8) is 0 Å². The van der Waals surface area contributed by atoms with Crippen LogP contribution in [-0.2, 0) is 4.79 Å². The van der Waals surface area contributed by atoms with Gasteiger partial charge in [-0.3, -0.25) is 4.79 Å². The number of nitrogens with zero attached hydrogens (tertiary/aromatic N) is 1. The molecule has 1 fully saturated rings. The SMILES string of the molecule is CC(C)(C)C1N=C(NC(=O)C2CCN2)SN1. The number of nitrogens with one attached hydrogen (secondary N) is 3. The third-order valence-corrected chi connectivity index (χ3v) is 3.45. The van der Waals surface area contributed by atoms with E-state index < -0.39 is 0 Å². The molecule has 0 spiro atoms. The van der Waals surface area contributed by atoms with Crippen LogP contribution in [0.3, 0.4) is 0 Å². The van der Waals surface area contributed by atoms with Gasteiger partial charge in [0, 0.05) is 0 Å². The second-order valence-electron chi connectivity index (χ2n) is 5.21. The average molecular weight is 242 g/mol. The molecule has 90 valence electrons. The topological polar surface area (TPSA) is 65.5 Å². The molecule has 0 radical (unpaired) electrons. The molecular weight excluding hydrogens is 224 g/mol. The van der Waals surface area contributed by atoms with Crippen LogP contribution in [0, 0.1) is 5.41 Å². The van der Waals surface area contributed by atoms with Crippen LogP contribution in [0.25, 0.3) is 0 Å². The second kappa shape index (κ2) is 4.35. The lowest BCUT2D eigenvalue weighted by Crippen LogP contribution is -2.53. The van der Waals surface area contributed by atoms with Crippen molar-refractivity contribution in [1.82, 2.24) is 15.4 Å². The molecule has 0 bridgehead atoms. The molecule has 3 N–H and O–H groups in total. The van der Waals surface area contributed by atoms with Crippen molar-refractivity contribution in [2.75, 3.05) is 6.54 Å². The van der Waals surface area contributed by atoms with Crippen molar-refractivity contribution in [2.24, 2.45) is 10.4 Å². The van der Waals surface area contributed by atoms with E-state index in [0.717, 1.165) is 13.0 Å². The van der Waals surface area contributed by atoms with Crippen LogP contribution in [0.5, 0.6) is 0 Å². The van der Waals surface area contributed by atoms with E-state index in [1.54, 1.807) is 0 Å². The summed E-state index contributed by atoms with van der Waals surface area (Å²) >= 11 is 1.40. The van der Waals surface area contributed by atoms with E-state index in [0.29, 0.717) is 5.17 Å². The Hall–Kier alpha value is -0.590. The summed E-state index contributed by atoms with van der Waals surface area (Å²) in [5, 5.41) is 6.58. The molecule has 2 atom stereocenters. The number of carbonyl (C=O) groups excluding carboxylic acids is 1. The maximum Gasteiger partial charge on any atom is 0.243 e. The summed E-state index contributed by atoms with van der Waals surface area (Å²) in [6.07, 6.45) is 0.974. The van der Waals surface area contributed by atoms with Gasteiger partial charge in [-0.2, -0.15) is 0 Å². The fraction of sp³-hybridized carbons (Fsp3) is 0.800. The molecule has 1 amide bonds. The molecule has 6 heteroatoms. The summed E-state index contributed by atoms with van der Waals surface area (Å²) in [6, 6.07) is -0.0306. The molecular formula is C10H18N4OS. The predicted octanol–water partition coefficient (Wildman–Crippen LogP) is 0.444. The van der Waals surface area contributed by atoms with Crippen molar-refractivity contribution in [2.45, 2.75) is 39.4 Å². The predicted molar refractivity (Wildman–Crippen MR) is 66.0 cm³/mol. The van der Waals surface area contributed by atoms with Crippen LogP contribution in [0.1, 0.15) is 27.2 Å². The van der Waals surface area contributed by atoms with Crippen LogP contribution in [-0.4, -0.2) is 29.8 Å². The minimum atomic E-state index is -0.0306. The number of carbonyl (C=O) groups is 1. The molecule has 2 heterocycles. The first kappa shape index (κ1) is 11.9. The molecule has 1 saturated heterocycles. The summed E-state index contributed by atoms with van der Waals surface area (Å²) in [5.41, 5.74) is 0.0637. The van der Waals surface area contributed by atoms with Gasteiger partial charge in [0.25, 0.3) is 0 Å². The fourth-order valence-corrected chi connectivity index (χ4v) is 2.35. The molecule has 0 saturated carbocycles. The van der Waals surface area contributed by atoms with Crippen molar-refractivity contribution in [3.05, 3.63) is 0 Å². The first-order valence-corrected chi connectivity index (χ1v) is 6.33. The Morgan fingerprint density at radius 3 is 2.69 bits per heavy atom. The van der Waals surface area contributed by atoms with Crippen LogP contribution in [0.2, 0.25) is 0 Å². The summed E-state index contributed by atoms with van der Waals surface area (Å²) in [5.74, 6) is 0.0221. The highest BCUT2D eigenvalue weighted by molar-refractivity contribution is 8.12. The summed E-state index contributed by atoms with van der Waals surface area (Å²) in [7, 11) is 0. The van der Waals surface area contributed by atoms with E-state index in [4.69, 9.17) is 0 Å². The summed E-state index contributed by atoms with van der Waals surface area (Å²) in [4.78, 5) is 16.1. The molecule has 2 unspecified atom stereocenters. The number of amides is 1. The number of hydrogen-bond acceptors (Lipinski definition) is 5. The van der Waals surface area contributed by atoms with E-state index in [1.165, 1.54) is 11.9 Å². The normalized spacial score (nSPS) is 29.6. The van der Waals surface area contributed by atoms with E-state index in [-0.39, 0.29) is 23.5 Å². The number of amidine groups is 1. The molecule has 2 rings (SSSR count). The highest BCUT2D eigenvalue weighted by Crippen LogP contribution is 2.26. The van der Waals surface area contributed by atoms with Gasteiger partial charge in [-0.05, 0) is 30.3 Å². The Labute approximate surface area is 100.0 Å². The summed E-state index contributed by atoms with van der Waals surface area (Å²) in [6.45, 7) is 7.29. The highest BCUT2D eigenvalue weighted by Gasteiger charge is 2.31. The Balaban J connectivity index is 1.89. The quantitative estimate of drug-likeness (QED) is 0.584. The lowest BCUT2D eigenvalue weighted by Gasteiger charge is -2.25. The number of hydrogen-bond donors (Lipinski definition) is 3. The zero-order valence-electron chi connectivity index (χ0n) is 9.83. The third kappa shape index (κ3) is 2.56. The molecule has 0 aromatic heterocycles. The molecule has 5 nitrogen and oxygen atoms in total. The number of rotatable bonds is 1. The molecule has 2 aliphatic rings. The van der Waals surface area contributed by atoms with Gasteiger partial charge in [0.1, 0.15) is 6.17 Å². The minimum absolute atomic E-state index is 0.0221. The van der Waals surface area contributed by atoms with Crippen LogP contribution < -0.4 is 15.4 Å². The first-order valence-electron chi connectivity index (χ1n) is 5.51. The maximum atomic E-state index is 11.6. The van der Waals surface area contributed by atoms with Gasteiger partial charge in [-0.15, -0.1) is 0 Å². The van der Waals surface area contributed by atoms with Gasteiger partial charge in [-0.25, -0.2) is 9.71 Å². The van der Waals surface area contributed by atoms with E-state index in [1.807, 2.05) is 0 Å². The van der Waals surface area contributed by atoms with Crippen LogP contribution >= 0.6 is 11.9 Å². The first-order chi connectivity index (χ1) is 7.47. The highest BCUT2D eigenvalue weighted by atomic mass is 32.2. The van der Waals surface area contributed by atoms with Crippen molar-refractivity contribution >= 4 is 23.0 Å². The smallest absolute Gasteiger partial charge is 0.243 e. The maximum absolute atomic E-state index is 11.6. The lowest BCUT2D eigenvalue weighted by atomic mass is 9.93. The van der Waals surface area contributed by atoms with Crippen molar-refractivity contribution in [1.29, 1.82) is 0 Å². The molecule has 0 aliphatic carbocycles. The minimum Gasteiger partial charge on any atom is -0.306 e. The van der Waals surface area contributed by atoms with E-state index in [2.05, 4.69) is 41.1 Å². The van der Waals surface area contributed by atoms with E-state index in [9.17, 15) is 4.79 Å². The van der Waals surface area contributed by atoms with Crippen LogP contribution in [0.4, 0.5) is 0 Å². The number of aliphatic imine (C=N–C) groups is 1. The molecule has 0 aromatic rings. The van der Waals surface area contributed by atoms with Gasteiger partial charge in [-0.1, -0.05) is 20.8 Å². The van der Waals surface area contributed by atoms with Gasteiger partial charge in [0.05, 0.1) is 6.04 Å². The Morgan fingerprint density at radius 1 is 1.56 bits per heavy atom. The average Bonchev–Trinajstić information content (AvgIpc) is 2.47. The zero-order chi connectivity index (χ0) is 11.8. The monoisotopic (exact) mass is 242 g/mol. The largest absolute Gasteiger partial charge is 0.306 e. The molecule has 2 aliphatic heterocycles. The Morgan fingerprint density at radius 2 is 2.25 bits per heavy atom. The standard InChI is InChI=1S/C10H18N4OS/c1-10(2,3)8-13-9(16-14-8)12-7(15)6-4-5-11-6/h6,8,11,14H,4-5H2,1-3H3,(H,12,13,15). The molecule has 0 aromatic carbocycles. The zero-order valence-corrected chi connectivity index (χ0v) is 10.6. The van der Waals surface area contributed by atoms with Crippen molar-refractivity contribution in [3.8, 4) is 0 Å².